The summed E-state index contributed by atoms with van der Waals surface area (Å²) in [6.45, 7) is 4.82. The fourth-order valence-electron chi connectivity index (χ4n) is 2.50. The van der Waals surface area contributed by atoms with Crippen molar-refractivity contribution in [3.8, 4) is 0 Å². The Labute approximate surface area is 133 Å². The molecule has 0 bridgehead atoms. The molecule has 0 N–H and O–H groups in total. The van der Waals surface area contributed by atoms with Crippen molar-refractivity contribution in [1.29, 1.82) is 0 Å². The number of nitrogens with zero attached hydrogens (tertiary/aromatic N) is 3. The van der Waals surface area contributed by atoms with Gasteiger partial charge in [0, 0.05) is 18.8 Å². The van der Waals surface area contributed by atoms with E-state index in [1.54, 1.807) is 19.1 Å². The molecule has 1 fully saturated rings. The van der Waals surface area contributed by atoms with E-state index >= 15 is 0 Å². The van der Waals surface area contributed by atoms with Gasteiger partial charge in [-0.25, -0.2) is 0 Å². The maximum atomic E-state index is 11.0. The molecule has 0 unspecified atom stereocenters. The smallest absolute Gasteiger partial charge is 0.338 e. The number of ether oxygens (including phenoxy) is 1. The van der Waals surface area contributed by atoms with Gasteiger partial charge in [-0.3, -0.25) is 10.1 Å². The van der Waals surface area contributed by atoms with E-state index in [9.17, 15) is 10.1 Å². The first kappa shape index (κ1) is 15.2. The van der Waals surface area contributed by atoms with Crippen LogP contribution in [0.3, 0.4) is 0 Å². The molecule has 3 rings (SSSR count). The zero-order valence-electron chi connectivity index (χ0n) is 12.8. The van der Waals surface area contributed by atoms with Crippen molar-refractivity contribution in [2.75, 3.05) is 31.2 Å². The third-order valence-electron chi connectivity index (χ3n) is 3.74. The molecule has 0 spiro atoms. The predicted octanol–water partition coefficient (Wildman–Crippen LogP) is 2.90. The summed E-state index contributed by atoms with van der Waals surface area (Å²) in [6.07, 6.45) is 3.35. The highest BCUT2D eigenvalue weighted by molar-refractivity contribution is 5.72. The third kappa shape index (κ3) is 3.40. The summed E-state index contributed by atoms with van der Waals surface area (Å²) in [5.74, 6) is 0.157. The van der Waals surface area contributed by atoms with Gasteiger partial charge in [-0.15, -0.1) is 0 Å². The van der Waals surface area contributed by atoms with Crippen LogP contribution >= 0.6 is 0 Å². The van der Waals surface area contributed by atoms with Crippen molar-refractivity contribution in [3.63, 3.8) is 0 Å². The highest BCUT2D eigenvalue weighted by Gasteiger charge is 2.21. The van der Waals surface area contributed by atoms with Gasteiger partial charge in [0.05, 0.1) is 18.1 Å². The van der Waals surface area contributed by atoms with Crippen molar-refractivity contribution >= 4 is 23.5 Å². The van der Waals surface area contributed by atoms with Crippen LogP contribution in [0, 0.1) is 17.0 Å². The second kappa shape index (κ2) is 6.62. The molecule has 1 saturated heterocycles. The number of morpholine rings is 1. The molecule has 0 radical (unpaired) electrons. The van der Waals surface area contributed by atoms with Gasteiger partial charge in [0.1, 0.15) is 0 Å². The second-order valence-electron chi connectivity index (χ2n) is 5.26. The maximum absolute atomic E-state index is 11.0. The normalized spacial score (nSPS) is 15.3. The fourth-order valence-corrected chi connectivity index (χ4v) is 2.50. The quantitative estimate of drug-likeness (QED) is 0.637. The first-order valence-corrected chi connectivity index (χ1v) is 7.36. The van der Waals surface area contributed by atoms with Gasteiger partial charge in [0.15, 0.2) is 5.69 Å². The summed E-state index contributed by atoms with van der Waals surface area (Å²) in [5.41, 5.74) is 2.26. The molecule has 1 aliphatic heterocycles. The van der Waals surface area contributed by atoms with Crippen LogP contribution < -0.4 is 4.90 Å². The lowest BCUT2D eigenvalue weighted by Crippen LogP contribution is -2.36. The molecule has 120 valence electrons. The number of benzene rings is 1. The molecule has 1 aromatic heterocycles. The predicted molar refractivity (Wildman–Crippen MR) is 86.3 cm³/mol. The molecule has 0 aliphatic carbocycles. The number of hydrogen-bond donors (Lipinski definition) is 0. The first-order chi connectivity index (χ1) is 11.1. The van der Waals surface area contributed by atoms with Crippen molar-refractivity contribution in [1.82, 2.24) is 5.16 Å². The van der Waals surface area contributed by atoms with Gasteiger partial charge >= 0.3 is 5.69 Å². The van der Waals surface area contributed by atoms with Crippen LogP contribution in [0.4, 0.5) is 11.4 Å². The minimum atomic E-state index is -0.479. The summed E-state index contributed by atoms with van der Waals surface area (Å²) < 4.78 is 10.3. The number of aryl methyl sites for hydroxylation is 1. The number of rotatable bonds is 4. The van der Waals surface area contributed by atoms with Crippen LogP contribution in [-0.4, -0.2) is 36.4 Å². The minimum absolute atomic E-state index is 0.0915. The van der Waals surface area contributed by atoms with Gasteiger partial charge < -0.3 is 14.2 Å². The highest BCUT2D eigenvalue weighted by atomic mass is 16.6. The zero-order valence-corrected chi connectivity index (χ0v) is 12.8. The molecular weight excluding hydrogens is 298 g/mol. The Morgan fingerprint density at radius 1 is 1.22 bits per heavy atom. The molecule has 2 aromatic rings. The molecule has 2 heterocycles. The average molecular weight is 315 g/mol. The fraction of sp³-hybridized carbons (Fsp3) is 0.312. The lowest BCUT2D eigenvalue weighted by molar-refractivity contribution is -0.386. The van der Waals surface area contributed by atoms with Crippen molar-refractivity contribution < 1.29 is 14.2 Å². The zero-order chi connectivity index (χ0) is 16.2. The monoisotopic (exact) mass is 315 g/mol. The number of nitro groups is 1. The lowest BCUT2D eigenvalue weighted by Gasteiger charge is -2.28. The minimum Gasteiger partial charge on any atom is -0.378 e. The van der Waals surface area contributed by atoms with Gasteiger partial charge in [-0.05, 0) is 30.7 Å². The van der Waals surface area contributed by atoms with E-state index in [0.717, 1.165) is 37.6 Å². The standard InChI is InChI=1S/C16H17N3O4/c1-12-16(19(20)21)15(23-17-12)7-4-13-2-5-14(6-3-13)18-8-10-22-11-9-18/h2-7H,8-11H2,1H3/b7-4-. The van der Waals surface area contributed by atoms with Crippen LogP contribution in [0.15, 0.2) is 28.8 Å². The van der Waals surface area contributed by atoms with Crippen LogP contribution in [-0.2, 0) is 4.74 Å². The van der Waals surface area contributed by atoms with Crippen molar-refractivity contribution in [2.45, 2.75) is 6.92 Å². The topological polar surface area (TPSA) is 81.6 Å². The molecule has 0 amide bonds. The van der Waals surface area contributed by atoms with Gasteiger partial charge in [0.25, 0.3) is 0 Å². The maximum Gasteiger partial charge on any atom is 0.338 e. The molecule has 0 atom stereocenters. The van der Waals surface area contributed by atoms with Crippen LogP contribution in [0.5, 0.6) is 0 Å². The Morgan fingerprint density at radius 3 is 2.57 bits per heavy atom. The van der Waals surface area contributed by atoms with Gasteiger partial charge in [-0.2, -0.15) is 0 Å². The summed E-state index contributed by atoms with van der Waals surface area (Å²) in [5, 5.41) is 14.6. The Balaban J connectivity index is 1.74. The summed E-state index contributed by atoms with van der Waals surface area (Å²) >= 11 is 0. The van der Waals surface area contributed by atoms with E-state index in [1.165, 1.54) is 0 Å². The molecule has 0 saturated carbocycles. The number of aromatic nitrogens is 1. The number of anilines is 1. The van der Waals surface area contributed by atoms with E-state index in [1.807, 2.05) is 24.3 Å². The largest absolute Gasteiger partial charge is 0.378 e. The number of hydrogen-bond acceptors (Lipinski definition) is 6. The van der Waals surface area contributed by atoms with E-state index in [4.69, 9.17) is 9.26 Å². The molecular formula is C16H17N3O4. The Kier molecular flexibility index (Phi) is 4.38. The lowest BCUT2D eigenvalue weighted by atomic mass is 10.1. The van der Waals surface area contributed by atoms with Crippen molar-refractivity contribution in [3.05, 3.63) is 51.4 Å². The Bertz CT molecular complexity index is 715. The van der Waals surface area contributed by atoms with Crippen LogP contribution in [0.1, 0.15) is 17.0 Å². The van der Waals surface area contributed by atoms with E-state index in [0.29, 0.717) is 0 Å². The van der Waals surface area contributed by atoms with Crippen LogP contribution in [0.25, 0.3) is 12.2 Å². The highest BCUT2D eigenvalue weighted by Crippen LogP contribution is 2.25. The second-order valence-corrected chi connectivity index (χ2v) is 5.26. The van der Waals surface area contributed by atoms with E-state index in [-0.39, 0.29) is 17.1 Å². The van der Waals surface area contributed by atoms with Gasteiger partial charge in [-0.1, -0.05) is 23.4 Å². The first-order valence-electron chi connectivity index (χ1n) is 7.36. The summed E-state index contributed by atoms with van der Waals surface area (Å²) in [7, 11) is 0. The van der Waals surface area contributed by atoms with Crippen molar-refractivity contribution in [2.24, 2.45) is 0 Å². The van der Waals surface area contributed by atoms with E-state index < -0.39 is 4.92 Å². The average Bonchev–Trinajstić information content (AvgIpc) is 2.95. The molecule has 23 heavy (non-hydrogen) atoms. The summed E-state index contributed by atoms with van der Waals surface area (Å²) in [4.78, 5) is 12.8. The molecule has 1 aromatic carbocycles. The SMILES string of the molecule is Cc1noc(/C=C\c2ccc(N3CCOCC3)cc2)c1[N+](=O)[O-]. The summed E-state index contributed by atoms with van der Waals surface area (Å²) in [6, 6.07) is 8.00. The van der Waals surface area contributed by atoms with Gasteiger partial charge in [0.2, 0.25) is 5.76 Å². The third-order valence-corrected chi connectivity index (χ3v) is 3.74. The van der Waals surface area contributed by atoms with Crippen LogP contribution in [0.2, 0.25) is 0 Å². The van der Waals surface area contributed by atoms with E-state index in [2.05, 4.69) is 10.1 Å². The molecule has 1 aliphatic rings. The Hall–Kier alpha value is -2.67. The Morgan fingerprint density at radius 2 is 1.91 bits per heavy atom. The molecule has 7 heteroatoms. The molecule has 7 nitrogen and oxygen atoms in total.